The maximum Gasteiger partial charge on any atom is 0.276 e. The molecule has 0 aliphatic carbocycles. The number of carbonyl (C=O) groups excluding carboxylic acids is 1. The van der Waals surface area contributed by atoms with Gasteiger partial charge in [-0.2, -0.15) is 5.10 Å². The molecule has 8 nitrogen and oxygen atoms in total. The highest BCUT2D eigenvalue weighted by atomic mass is 16.5. The van der Waals surface area contributed by atoms with Crippen LogP contribution in [0.25, 0.3) is 10.8 Å². The number of methoxy groups -OCH3 is 3. The normalized spacial score (nSPS) is 10.5. The highest BCUT2D eigenvalue weighted by Crippen LogP contribution is 2.40. The first kappa shape index (κ1) is 18.2. The van der Waals surface area contributed by atoms with Gasteiger partial charge in [0.15, 0.2) is 17.2 Å². The van der Waals surface area contributed by atoms with Gasteiger partial charge >= 0.3 is 0 Å². The van der Waals surface area contributed by atoms with Gasteiger partial charge in [0.25, 0.3) is 11.5 Å². The molecule has 0 atom stereocenters. The van der Waals surface area contributed by atoms with Crippen LogP contribution < -0.4 is 25.1 Å². The van der Waals surface area contributed by atoms with Gasteiger partial charge in [0, 0.05) is 30.3 Å². The highest BCUT2D eigenvalue weighted by molar-refractivity contribution is 6.11. The van der Waals surface area contributed by atoms with Crippen LogP contribution in [-0.2, 0) is 7.05 Å². The summed E-state index contributed by atoms with van der Waals surface area (Å²) in [5.41, 5.74) is 0.311. The minimum atomic E-state index is -0.462. The number of fused-ring (bicyclic) bond motifs is 1. The molecule has 0 saturated heterocycles. The summed E-state index contributed by atoms with van der Waals surface area (Å²) in [6, 6.07) is 10.1. The smallest absolute Gasteiger partial charge is 0.276 e. The molecule has 0 aliphatic rings. The van der Waals surface area contributed by atoms with Gasteiger partial charge in [0.1, 0.15) is 0 Å². The van der Waals surface area contributed by atoms with E-state index in [1.54, 1.807) is 36.4 Å². The van der Waals surface area contributed by atoms with Crippen molar-refractivity contribution in [1.82, 2.24) is 9.78 Å². The number of ether oxygens (including phenoxy) is 3. The molecule has 8 heteroatoms. The third-order valence-electron chi connectivity index (χ3n) is 4.09. The van der Waals surface area contributed by atoms with Gasteiger partial charge in [-0.15, -0.1) is 0 Å². The van der Waals surface area contributed by atoms with E-state index in [1.807, 2.05) is 0 Å². The average molecular weight is 369 g/mol. The molecule has 1 heterocycles. The number of aromatic nitrogens is 2. The van der Waals surface area contributed by atoms with Crippen molar-refractivity contribution in [3.63, 3.8) is 0 Å². The summed E-state index contributed by atoms with van der Waals surface area (Å²) in [6.45, 7) is 0. The second kappa shape index (κ2) is 7.36. The lowest BCUT2D eigenvalue weighted by molar-refractivity contribution is 0.102. The molecule has 27 heavy (non-hydrogen) atoms. The summed E-state index contributed by atoms with van der Waals surface area (Å²) in [6.07, 6.45) is 0. The minimum Gasteiger partial charge on any atom is -0.493 e. The zero-order valence-electron chi connectivity index (χ0n) is 15.4. The summed E-state index contributed by atoms with van der Waals surface area (Å²) in [5.74, 6) is 0.774. The second-order valence-electron chi connectivity index (χ2n) is 5.69. The molecule has 140 valence electrons. The Hall–Kier alpha value is -3.55. The molecule has 0 bridgehead atoms. The first-order chi connectivity index (χ1) is 13.0. The molecule has 2 aromatic carbocycles. The SMILES string of the molecule is COc1cc(NC(=O)c2nn(C)c(=O)c3ccccc23)cc(OC)c1OC. The standard InChI is InChI=1S/C19H19N3O5/c1-22-19(24)13-8-6-5-7-12(13)16(21-22)18(23)20-11-9-14(25-2)17(27-4)15(10-11)26-3/h5-10H,1-4H3,(H,20,23). The van der Waals surface area contributed by atoms with E-state index in [-0.39, 0.29) is 11.3 Å². The predicted octanol–water partition coefficient (Wildman–Crippen LogP) is 2.21. The highest BCUT2D eigenvalue weighted by Gasteiger charge is 2.18. The zero-order valence-corrected chi connectivity index (χ0v) is 15.4. The van der Waals surface area contributed by atoms with E-state index >= 15 is 0 Å². The van der Waals surface area contributed by atoms with E-state index in [0.29, 0.717) is 33.7 Å². The van der Waals surface area contributed by atoms with E-state index in [0.717, 1.165) is 4.68 Å². The molecule has 0 radical (unpaired) electrons. The van der Waals surface area contributed by atoms with Crippen LogP contribution in [0.5, 0.6) is 17.2 Å². The molecule has 3 aromatic rings. The van der Waals surface area contributed by atoms with E-state index in [2.05, 4.69) is 10.4 Å². The number of benzene rings is 2. The summed E-state index contributed by atoms with van der Waals surface area (Å²) < 4.78 is 17.0. The zero-order chi connectivity index (χ0) is 19.6. The molecular weight excluding hydrogens is 350 g/mol. The summed E-state index contributed by atoms with van der Waals surface area (Å²) in [4.78, 5) is 25.1. The van der Waals surface area contributed by atoms with Crippen LogP contribution in [0.3, 0.4) is 0 Å². The molecule has 1 amide bonds. The Balaban J connectivity index is 2.05. The van der Waals surface area contributed by atoms with Crippen molar-refractivity contribution < 1.29 is 19.0 Å². The van der Waals surface area contributed by atoms with Crippen LogP contribution in [0.1, 0.15) is 10.5 Å². The number of hydrogen-bond donors (Lipinski definition) is 1. The number of carbonyl (C=O) groups is 1. The largest absolute Gasteiger partial charge is 0.493 e. The first-order valence-electron chi connectivity index (χ1n) is 8.07. The van der Waals surface area contributed by atoms with E-state index in [4.69, 9.17) is 14.2 Å². The number of nitrogens with one attached hydrogen (secondary N) is 1. The lowest BCUT2D eigenvalue weighted by Gasteiger charge is -2.15. The average Bonchev–Trinajstić information content (AvgIpc) is 2.69. The minimum absolute atomic E-state index is 0.140. The Labute approximate surface area is 155 Å². The van der Waals surface area contributed by atoms with Crippen LogP contribution in [0.15, 0.2) is 41.2 Å². The first-order valence-corrected chi connectivity index (χ1v) is 8.07. The van der Waals surface area contributed by atoms with Crippen molar-refractivity contribution >= 4 is 22.4 Å². The van der Waals surface area contributed by atoms with Gasteiger partial charge < -0.3 is 19.5 Å². The van der Waals surface area contributed by atoms with Gasteiger partial charge in [0.2, 0.25) is 5.75 Å². The second-order valence-corrected chi connectivity index (χ2v) is 5.69. The number of amides is 1. The fraction of sp³-hybridized carbons (Fsp3) is 0.211. The Kier molecular flexibility index (Phi) is 4.98. The van der Waals surface area contributed by atoms with Crippen molar-refractivity contribution in [3.05, 3.63) is 52.4 Å². The number of nitrogens with zero attached hydrogens (tertiary/aromatic N) is 2. The molecule has 0 fully saturated rings. The van der Waals surface area contributed by atoms with Crippen LogP contribution in [-0.4, -0.2) is 37.0 Å². The molecule has 1 N–H and O–H groups in total. The van der Waals surface area contributed by atoms with Crippen molar-refractivity contribution in [1.29, 1.82) is 0 Å². The third-order valence-corrected chi connectivity index (χ3v) is 4.09. The van der Waals surface area contributed by atoms with Crippen LogP contribution in [0.4, 0.5) is 5.69 Å². The summed E-state index contributed by atoms with van der Waals surface area (Å²) in [5, 5.41) is 7.78. The Morgan fingerprint density at radius 3 is 2.15 bits per heavy atom. The summed E-state index contributed by atoms with van der Waals surface area (Å²) >= 11 is 0. The number of anilines is 1. The number of aryl methyl sites for hydroxylation is 1. The quantitative estimate of drug-likeness (QED) is 0.741. The van der Waals surface area contributed by atoms with Crippen molar-refractivity contribution in [2.45, 2.75) is 0 Å². The third kappa shape index (κ3) is 3.29. The summed E-state index contributed by atoms with van der Waals surface area (Å²) in [7, 11) is 5.99. The fourth-order valence-corrected chi connectivity index (χ4v) is 2.81. The molecule has 3 rings (SSSR count). The molecule has 0 unspecified atom stereocenters. The Morgan fingerprint density at radius 1 is 1.00 bits per heavy atom. The topological polar surface area (TPSA) is 91.7 Å². The lowest BCUT2D eigenvalue weighted by Crippen LogP contribution is -2.25. The maximum atomic E-state index is 12.8. The molecule has 0 aliphatic heterocycles. The lowest BCUT2D eigenvalue weighted by atomic mass is 10.1. The van der Waals surface area contributed by atoms with Crippen molar-refractivity contribution in [3.8, 4) is 17.2 Å². The van der Waals surface area contributed by atoms with Crippen LogP contribution in [0.2, 0.25) is 0 Å². The molecule has 1 aromatic heterocycles. The Morgan fingerprint density at radius 2 is 1.59 bits per heavy atom. The van der Waals surface area contributed by atoms with Gasteiger partial charge in [-0.25, -0.2) is 4.68 Å². The van der Waals surface area contributed by atoms with Gasteiger partial charge in [-0.1, -0.05) is 18.2 Å². The van der Waals surface area contributed by atoms with Crippen molar-refractivity contribution in [2.24, 2.45) is 7.05 Å². The van der Waals surface area contributed by atoms with Crippen LogP contribution in [0, 0.1) is 0 Å². The maximum absolute atomic E-state index is 12.8. The van der Waals surface area contributed by atoms with E-state index in [1.165, 1.54) is 28.4 Å². The molecule has 0 saturated carbocycles. The predicted molar refractivity (Wildman–Crippen MR) is 101 cm³/mol. The Bertz CT molecular complexity index is 1050. The van der Waals surface area contributed by atoms with Gasteiger partial charge in [-0.3, -0.25) is 9.59 Å². The monoisotopic (exact) mass is 369 g/mol. The number of hydrogen-bond acceptors (Lipinski definition) is 6. The van der Waals surface area contributed by atoms with Crippen molar-refractivity contribution in [2.75, 3.05) is 26.6 Å². The molecule has 0 spiro atoms. The number of rotatable bonds is 5. The van der Waals surface area contributed by atoms with Crippen LogP contribution >= 0.6 is 0 Å². The van der Waals surface area contributed by atoms with Gasteiger partial charge in [-0.05, 0) is 6.07 Å². The van der Waals surface area contributed by atoms with E-state index in [9.17, 15) is 9.59 Å². The van der Waals surface area contributed by atoms with E-state index < -0.39 is 5.91 Å². The fourth-order valence-electron chi connectivity index (χ4n) is 2.81. The van der Waals surface area contributed by atoms with Gasteiger partial charge in [0.05, 0.1) is 26.7 Å². The molecular formula is C19H19N3O5.